The standard InChI is InChI=1S/C18H20N2O/c1-3-4-5-8-15-9-11-16(12-10-15)18(21)20-17-14(2)7-6-13-19-17/h5-13H,3-4H2,1-2H3,(H,19,20,21). The molecule has 0 aliphatic carbocycles. The van der Waals surface area contributed by atoms with E-state index in [-0.39, 0.29) is 5.91 Å². The maximum Gasteiger partial charge on any atom is 0.256 e. The number of unbranched alkanes of at least 4 members (excludes halogenated alkanes) is 1. The van der Waals surface area contributed by atoms with E-state index in [0.717, 1.165) is 24.0 Å². The Balaban J connectivity index is 2.05. The van der Waals surface area contributed by atoms with Crippen molar-refractivity contribution in [1.29, 1.82) is 0 Å². The number of hydrogen-bond donors (Lipinski definition) is 1. The molecule has 1 amide bonds. The molecular weight excluding hydrogens is 260 g/mol. The lowest BCUT2D eigenvalue weighted by Gasteiger charge is -2.07. The van der Waals surface area contributed by atoms with Gasteiger partial charge in [-0.1, -0.05) is 43.7 Å². The average molecular weight is 280 g/mol. The summed E-state index contributed by atoms with van der Waals surface area (Å²) in [5, 5.41) is 2.83. The number of carbonyl (C=O) groups is 1. The second-order valence-electron chi connectivity index (χ2n) is 4.94. The molecule has 0 bridgehead atoms. The molecular formula is C18H20N2O. The van der Waals surface area contributed by atoms with Crippen LogP contribution in [0, 0.1) is 6.92 Å². The van der Waals surface area contributed by atoms with E-state index in [9.17, 15) is 4.79 Å². The Morgan fingerprint density at radius 2 is 2.00 bits per heavy atom. The Hall–Kier alpha value is -2.42. The van der Waals surface area contributed by atoms with Crippen LogP contribution in [0.3, 0.4) is 0 Å². The van der Waals surface area contributed by atoms with Crippen molar-refractivity contribution >= 4 is 17.8 Å². The van der Waals surface area contributed by atoms with Gasteiger partial charge >= 0.3 is 0 Å². The fraction of sp³-hybridized carbons (Fsp3) is 0.222. The molecule has 0 unspecified atom stereocenters. The number of allylic oxidation sites excluding steroid dienone is 1. The Kier molecular flexibility index (Phi) is 5.27. The van der Waals surface area contributed by atoms with Crippen LogP contribution in [-0.2, 0) is 0 Å². The summed E-state index contributed by atoms with van der Waals surface area (Å²) in [6.45, 7) is 4.07. The van der Waals surface area contributed by atoms with Crippen LogP contribution in [0.1, 0.15) is 41.3 Å². The van der Waals surface area contributed by atoms with E-state index < -0.39 is 0 Å². The van der Waals surface area contributed by atoms with Gasteiger partial charge in [-0.2, -0.15) is 0 Å². The number of aryl methyl sites for hydroxylation is 1. The highest BCUT2D eigenvalue weighted by Crippen LogP contribution is 2.12. The molecule has 3 nitrogen and oxygen atoms in total. The van der Waals surface area contributed by atoms with Gasteiger partial charge in [-0.25, -0.2) is 4.98 Å². The second-order valence-corrected chi connectivity index (χ2v) is 4.94. The number of amides is 1. The molecule has 0 fully saturated rings. The van der Waals surface area contributed by atoms with E-state index in [1.54, 1.807) is 6.20 Å². The number of hydrogen-bond acceptors (Lipinski definition) is 2. The van der Waals surface area contributed by atoms with Gasteiger partial charge in [0.1, 0.15) is 5.82 Å². The summed E-state index contributed by atoms with van der Waals surface area (Å²) in [6.07, 6.45) is 8.10. The minimum Gasteiger partial charge on any atom is -0.306 e. The van der Waals surface area contributed by atoms with Crippen molar-refractivity contribution in [1.82, 2.24) is 4.98 Å². The number of anilines is 1. The van der Waals surface area contributed by atoms with E-state index in [1.807, 2.05) is 43.3 Å². The summed E-state index contributed by atoms with van der Waals surface area (Å²) >= 11 is 0. The van der Waals surface area contributed by atoms with Gasteiger partial charge in [0, 0.05) is 11.8 Å². The van der Waals surface area contributed by atoms with E-state index in [4.69, 9.17) is 0 Å². The molecule has 1 aromatic carbocycles. The Labute approximate surface area is 125 Å². The maximum atomic E-state index is 12.2. The monoisotopic (exact) mass is 280 g/mol. The lowest BCUT2D eigenvalue weighted by molar-refractivity contribution is 0.102. The number of carbonyl (C=O) groups excluding carboxylic acids is 1. The van der Waals surface area contributed by atoms with Gasteiger partial charge in [0.05, 0.1) is 0 Å². The zero-order valence-electron chi connectivity index (χ0n) is 12.5. The maximum absolute atomic E-state index is 12.2. The molecule has 1 N–H and O–H groups in total. The van der Waals surface area contributed by atoms with Crippen molar-refractivity contribution in [3.63, 3.8) is 0 Å². The molecule has 0 saturated carbocycles. The molecule has 0 aliphatic heterocycles. The van der Waals surface area contributed by atoms with Gasteiger partial charge < -0.3 is 5.32 Å². The Bertz CT molecular complexity index is 630. The quantitative estimate of drug-likeness (QED) is 0.878. The Morgan fingerprint density at radius 3 is 2.67 bits per heavy atom. The smallest absolute Gasteiger partial charge is 0.256 e. The van der Waals surface area contributed by atoms with E-state index >= 15 is 0 Å². The van der Waals surface area contributed by atoms with Crippen LogP contribution in [0.2, 0.25) is 0 Å². The van der Waals surface area contributed by atoms with E-state index in [0.29, 0.717) is 11.4 Å². The van der Waals surface area contributed by atoms with Crippen LogP contribution in [0.5, 0.6) is 0 Å². The lowest BCUT2D eigenvalue weighted by atomic mass is 10.1. The molecule has 2 rings (SSSR count). The zero-order valence-corrected chi connectivity index (χ0v) is 12.5. The zero-order chi connectivity index (χ0) is 15.1. The SMILES string of the molecule is CCCC=Cc1ccc(C(=O)Nc2ncccc2C)cc1. The number of nitrogens with zero attached hydrogens (tertiary/aromatic N) is 1. The molecule has 1 heterocycles. The van der Waals surface area contributed by atoms with Crippen molar-refractivity contribution in [2.45, 2.75) is 26.7 Å². The topological polar surface area (TPSA) is 42.0 Å². The fourth-order valence-electron chi connectivity index (χ4n) is 1.93. The first-order valence-electron chi connectivity index (χ1n) is 7.20. The molecule has 0 spiro atoms. The highest BCUT2D eigenvalue weighted by atomic mass is 16.1. The second kappa shape index (κ2) is 7.39. The largest absolute Gasteiger partial charge is 0.306 e. The average Bonchev–Trinajstić information content (AvgIpc) is 2.50. The van der Waals surface area contributed by atoms with Gasteiger partial charge in [-0.15, -0.1) is 0 Å². The van der Waals surface area contributed by atoms with Crippen molar-refractivity contribution in [2.75, 3.05) is 5.32 Å². The van der Waals surface area contributed by atoms with Crippen molar-refractivity contribution in [3.05, 3.63) is 65.4 Å². The molecule has 21 heavy (non-hydrogen) atoms. The summed E-state index contributed by atoms with van der Waals surface area (Å²) in [6, 6.07) is 11.3. The van der Waals surface area contributed by atoms with Crippen LogP contribution in [0.15, 0.2) is 48.7 Å². The van der Waals surface area contributed by atoms with E-state index in [1.165, 1.54) is 0 Å². The normalized spacial score (nSPS) is 10.8. The van der Waals surface area contributed by atoms with E-state index in [2.05, 4.69) is 29.4 Å². The number of aromatic nitrogens is 1. The van der Waals surface area contributed by atoms with Crippen molar-refractivity contribution in [3.8, 4) is 0 Å². The van der Waals surface area contributed by atoms with Crippen molar-refractivity contribution in [2.24, 2.45) is 0 Å². The number of rotatable bonds is 5. The van der Waals surface area contributed by atoms with Gasteiger partial charge in [-0.3, -0.25) is 4.79 Å². The third-order valence-corrected chi connectivity index (χ3v) is 3.18. The predicted molar refractivity (Wildman–Crippen MR) is 87.3 cm³/mol. The lowest BCUT2D eigenvalue weighted by Crippen LogP contribution is -2.13. The highest BCUT2D eigenvalue weighted by Gasteiger charge is 2.07. The molecule has 0 radical (unpaired) electrons. The van der Waals surface area contributed by atoms with Gasteiger partial charge in [0.2, 0.25) is 0 Å². The number of benzene rings is 1. The summed E-state index contributed by atoms with van der Waals surface area (Å²) < 4.78 is 0. The molecule has 108 valence electrons. The fourth-order valence-corrected chi connectivity index (χ4v) is 1.93. The van der Waals surface area contributed by atoms with Gasteiger partial charge in [-0.05, 0) is 42.7 Å². The molecule has 1 aromatic heterocycles. The summed E-state index contributed by atoms with van der Waals surface area (Å²) in [5.74, 6) is 0.468. The van der Waals surface area contributed by atoms with Crippen LogP contribution < -0.4 is 5.32 Å². The highest BCUT2D eigenvalue weighted by molar-refractivity contribution is 6.04. The number of pyridine rings is 1. The Morgan fingerprint density at radius 1 is 1.24 bits per heavy atom. The first kappa shape index (κ1) is 15.0. The third kappa shape index (κ3) is 4.28. The van der Waals surface area contributed by atoms with Crippen LogP contribution >= 0.6 is 0 Å². The number of nitrogens with one attached hydrogen (secondary N) is 1. The molecule has 0 aliphatic rings. The van der Waals surface area contributed by atoms with Crippen LogP contribution in [-0.4, -0.2) is 10.9 Å². The minimum atomic E-state index is -0.138. The first-order valence-corrected chi connectivity index (χ1v) is 7.20. The van der Waals surface area contributed by atoms with Crippen LogP contribution in [0.25, 0.3) is 6.08 Å². The molecule has 3 heteroatoms. The molecule has 0 atom stereocenters. The predicted octanol–water partition coefficient (Wildman–Crippen LogP) is 4.46. The van der Waals surface area contributed by atoms with Gasteiger partial charge in [0.25, 0.3) is 5.91 Å². The summed E-state index contributed by atoms with van der Waals surface area (Å²) in [5.41, 5.74) is 2.69. The summed E-state index contributed by atoms with van der Waals surface area (Å²) in [4.78, 5) is 16.3. The third-order valence-electron chi connectivity index (χ3n) is 3.18. The minimum absolute atomic E-state index is 0.138. The molecule has 2 aromatic rings. The van der Waals surface area contributed by atoms with Gasteiger partial charge in [0.15, 0.2) is 0 Å². The molecule has 0 saturated heterocycles. The van der Waals surface area contributed by atoms with Crippen LogP contribution in [0.4, 0.5) is 5.82 Å². The van der Waals surface area contributed by atoms with Crippen molar-refractivity contribution < 1.29 is 4.79 Å². The first-order chi connectivity index (χ1) is 10.2. The summed E-state index contributed by atoms with van der Waals surface area (Å²) in [7, 11) is 0.